The molecular formula is C18H33N5OS. The number of aromatic nitrogens is 1. The van der Waals surface area contributed by atoms with Gasteiger partial charge in [0.25, 0.3) is 0 Å². The highest BCUT2D eigenvalue weighted by molar-refractivity contribution is 7.09. The molecular weight excluding hydrogens is 334 g/mol. The molecule has 7 heteroatoms. The van der Waals surface area contributed by atoms with Gasteiger partial charge in [0.15, 0.2) is 5.96 Å². The topological polar surface area (TPSA) is 53.0 Å². The van der Waals surface area contributed by atoms with Crippen LogP contribution in [0.1, 0.15) is 31.5 Å². The third kappa shape index (κ3) is 6.24. The van der Waals surface area contributed by atoms with Crippen LogP contribution in [0.3, 0.4) is 0 Å². The molecule has 1 N–H and O–H groups in total. The second kappa shape index (κ2) is 10.1. The number of guanidine groups is 1. The van der Waals surface area contributed by atoms with Gasteiger partial charge in [0.05, 0.1) is 37.0 Å². The Morgan fingerprint density at radius 2 is 2.16 bits per heavy atom. The van der Waals surface area contributed by atoms with Crippen molar-refractivity contribution in [3.05, 3.63) is 16.1 Å². The maximum Gasteiger partial charge on any atom is 0.194 e. The van der Waals surface area contributed by atoms with Crippen molar-refractivity contribution in [2.75, 3.05) is 46.4 Å². The average Bonchev–Trinajstić information content (AvgIpc) is 2.99. The Morgan fingerprint density at radius 3 is 2.72 bits per heavy atom. The Hall–Kier alpha value is -1.18. The van der Waals surface area contributed by atoms with Crippen LogP contribution in [0.2, 0.25) is 0 Å². The van der Waals surface area contributed by atoms with E-state index in [1.165, 1.54) is 0 Å². The minimum atomic E-state index is 0.451. The van der Waals surface area contributed by atoms with E-state index in [0.717, 1.165) is 62.6 Å². The van der Waals surface area contributed by atoms with Gasteiger partial charge in [0.1, 0.15) is 0 Å². The molecule has 0 amide bonds. The fourth-order valence-electron chi connectivity index (χ4n) is 3.11. The number of aliphatic imine (C=N–C) groups is 1. The first-order valence-corrected chi connectivity index (χ1v) is 10.1. The molecule has 1 atom stereocenters. The molecule has 0 spiro atoms. The molecule has 6 nitrogen and oxygen atoms in total. The van der Waals surface area contributed by atoms with Gasteiger partial charge in [0, 0.05) is 38.1 Å². The highest BCUT2D eigenvalue weighted by atomic mass is 32.1. The zero-order valence-electron chi connectivity index (χ0n) is 16.3. The molecule has 2 heterocycles. The number of hydrogen-bond acceptors (Lipinski definition) is 5. The Balaban J connectivity index is 2.02. The van der Waals surface area contributed by atoms with Crippen LogP contribution >= 0.6 is 11.3 Å². The molecule has 2 rings (SSSR count). The van der Waals surface area contributed by atoms with Gasteiger partial charge < -0.3 is 15.0 Å². The smallest absolute Gasteiger partial charge is 0.194 e. The van der Waals surface area contributed by atoms with Crippen molar-refractivity contribution >= 4 is 17.3 Å². The van der Waals surface area contributed by atoms with Gasteiger partial charge in [-0.3, -0.25) is 9.89 Å². The summed E-state index contributed by atoms with van der Waals surface area (Å²) in [6.45, 7) is 14.8. The number of aryl methyl sites for hydroxylation is 1. The first-order valence-electron chi connectivity index (χ1n) is 9.23. The monoisotopic (exact) mass is 367 g/mol. The summed E-state index contributed by atoms with van der Waals surface area (Å²) in [5.74, 6) is 1.52. The van der Waals surface area contributed by atoms with E-state index in [-0.39, 0.29) is 0 Å². The van der Waals surface area contributed by atoms with Gasteiger partial charge in [-0.1, -0.05) is 13.8 Å². The SMILES string of the molecule is CCNC(=NCC(C(C)C)N1CCOCC1)N(C)Cc1csc(C)n1. The van der Waals surface area contributed by atoms with Gasteiger partial charge in [-0.05, 0) is 19.8 Å². The number of morpholine rings is 1. The van der Waals surface area contributed by atoms with Gasteiger partial charge in [-0.15, -0.1) is 11.3 Å². The molecule has 1 saturated heterocycles. The molecule has 1 unspecified atom stereocenters. The Morgan fingerprint density at radius 1 is 1.44 bits per heavy atom. The maximum atomic E-state index is 5.50. The minimum absolute atomic E-state index is 0.451. The number of rotatable bonds is 7. The molecule has 0 aromatic carbocycles. The van der Waals surface area contributed by atoms with Crippen LogP contribution < -0.4 is 5.32 Å². The van der Waals surface area contributed by atoms with Crippen molar-refractivity contribution in [2.45, 2.75) is 40.3 Å². The predicted octanol–water partition coefficient (Wildman–Crippen LogP) is 2.21. The van der Waals surface area contributed by atoms with E-state index in [4.69, 9.17) is 9.73 Å². The normalized spacial score (nSPS) is 17.8. The summed E-state index contributed by atoms with van der Waals surface area (Å²) >= 11 is 1.70. The van der Waals surface area contributed by atoms with Crippen LogP contribution in [0, 0.1) is 12.8 Å². The predicted molar refractivity (Wildman–Crippen MR) is 105 cm³/mol. The quantitative estimate of drug-likeness (QED) is 0.591. The number of hydrogen-bond donors (Lipinski definition) is 1. The summed E-state index contributed by atoms with van der Waals surface area (Å²) in [5.41, 5.74) is 1.10. The van der Waals surface area contributed by atoms with E-state index in [1.54, 1.807) is 11.3 Å². The molecule has 1 aromatic heterocycles. The molecule has 0 radical (unpaired) electrons. The third-order valence-electron chi connectivity index (χ3n) is 4.47. The largest absolute Gasteiger partial charge is 0.379 e. The zero-order valence-corrected chi connectivity index (χ0v) is 17.1. The summed E-state index contributed by atoms with van der Waals surface area (Å²) in [7, 11) is 2.08. The Bertz CT molecular complexity index is 539. The van der Waals surface area contributed by atoms with E-state index in [0.29, 0.717) is 12.0 Å². The van der Waals surface area contributed by atoms with Crippen molar-refractivity contribution in [3.8, 4) is 0 Å². The van der Waals surface area contributed by atoms with Crippen LogP contribution in [-0.2, 0) is 11.3 Å². The molecule has 25 heavy (non-hydrogen) atoms. The first kappa shape index (κ1) is 20.1. The van der Waals surface area contributed by atoms with Gasteiger partial charge in [-0.25, -0.2) is 4.98 Å². The van der Waals surface area contributed by atoms with Gasteiger partial charge in [-0.2, -0.15) is 0 Å². The van der Waals surface area contributed by atoms with Gasteiger partial charge in [0.2, 0.25) is 0 Å². The second-order valence-electron chi connectivity index (χ2n) is 6.87. The van der Waals surface area contributed by atoms with E-state index >= 15 is 0 Å². The van der Waals surface area contributed by atoms with E-state index in [9.17, 15) is 0 Å². The molecule has 1 aliphatic rings. The number of nitrogens with zero attached hydrogens (tertiary/aromatic N) is 4. The van der Waals surface area contributed by atoms with E-state index in [2.05, 4.69) is 53.3 Å². The first-order chi connectivity index (χ1) is 12.0. The second-order valence-corrected chi connectivity index (χ2v) is 7.93. The van der Waals surface area contributed by atoms with Gasteiger partial charge >= 0.3 is 0 Å². The summed E-state index contributed by atoms with van der Waals surface area (Å²) < 4.78 is 5.50. The lowest BCUT2D eigenvalue weighted by Gasteiger charge is -2.36. The molecule has 0 aliphatic carbocycles. The number of ether oxygens (including phenoxy) is 1. The lowest BCUT2D eigenvalue weighted by molar-refractivity contribution is 0.00863. The van der Waals surface area contributed by atoms with Crippen molar-refractivity contribution in [2.24, 2.45) is 10.9 Å². The van der Waals surface area contributed by atoms with Crippen LogP contribution in [-0.4, -0.2) is 73.2 Å². The van der Waals surface area contributed by atoms with E-state index in [1.807, 2.05) is 6.92 Å². The van der Waals surface area contributed by atoms with Crippen LogP contribution in [0.15, 0.2) is 10.4 Å². The standard InChI is InChI=1S/C18H33N5OS/c1-6-19-18(22(5)12-16-13-25-15(4)21-16)20-11-17(14(2)3)23-7-9-24-10-8-23/h13-14,17H,6-12H2,1-5H3,(H,19,20). The maximum absolute atomic E-state index is 5.50. The number of nitrogens with one attached hydrogen (secondary N) is 1. The van der Waals surface area contributed by atoms with Crippen LogP contribution in [0.25, 0.3) is 0 Å². The van der Waals surface area contributed by atoms with Crippen LogP contribution in [0.5, 0.6) is 0 Å². The summed E-state index contributed by atoms with van der Waals surface area (Å²) in [4.78, 5) is 14.2. The zero-order chi connectivity index (χ0) is 18.2. The molecule has 142 valence electrons. The highest BCUT2D eigenvalue weighted by Crippen LogP contribution is 2.14. The summed E-state index contributed by atoms with van der Waals surface area (Å²) in [6.07, 6.45) is 0. The Labute approximate surface area is 156 Å². The fourth-order valence-corrected chi connectivity index (χ4v) is 3.71. The summed E-state index contributed by atoms with van der Waals surface area (Å²) in [6, 6.07) is 0.451. The lowest BCUT2D eigenvalue weighted by atomic mass is 10.0. The average molecular weight is 368 g/mol. The van der Waals surface area contributed by atoms with E-state index < -0.39 is 0 Å². The lowest BCUT2D eigenvalue weighted by Crippen LogP contribution is -2.48. The summed E-state index contributed by atoms with van der Waals surface area (Å²) in [5, 5.41) is 6.65. The molecule has 1 aromatic rings. The van der Waals surface area contributed by atoms with Crippen molar-refractivity contribution in [1.29, 1.82) is 0 Å². The molecule has 0 bridgehead atoms. The third-order valence-corrected chi connectivity index (χ3v) is 5.30. The van der Waals surface area contributed by atoms with Crippen molar-refractivity contribution in [3.63, 3.8) is 0 Å². The fraction of sp³-hybridized carbons (Fsp3) is 0.778. The van der Waals surface area contributed by atoms with Crippen LogP contribution in [0.4, 0.5) is 0 Å². The number of thiazole rings is 1. The molecule has 1 aliphatic heterocycles. The Kier molecular flexibility index (Phi) is 8.12. The minimum Gasteiger partial charge on any atom is -0.379 e. The van der Waals surface area contributed by atoms with Crippen molar-refractivity contribution in [1.82, 2.24) is 20.1 Å². The highest BCUT2D eigenvalue weighted by Gasteiger charge is 2.24. The van der Waals surface area contributed by atoms with Crippen molar-refractivity contribution < 1.29 is 4.74 Å². The molecule has 1 fully saturated rings. The molecule has 0 saturated carbocycles.